The van der Waals surface area contributed by atoms with Gasteiger partial charge in [0, 0.05) is 24.9 Å². The number of piperidine rings is 1. The zero-order chi connectivity index (χ0) is 19.0. The van der Waals surface area contributed by atoms with Crippen molar-refractivity contribution >= 4 is 5.91 Å². The van der Waals surface area contributed by atoms with Crippen molar-refractivity contribution in [3.8, 4) is 11.1 Å². The summed E-state index contributed by atoms with van der Waals surface area (Å²) >= 11 is 0. The molecule has 0 bridgehead atoms. The Morgan fingerprint density at radius 2 is 1.81 bits per heavy atom. The van der Waals surface area contributed by atoms with Crippen molar-refractivity contribution in [3.05, 3.63) is 59.2 Å². The van der Waals surface area contributed by atoms with Crippen molar-refractivity contribution in [1.82, 2.24) is 4.90 Å². The molecule has 0 spiro atoms. The molecule has 1 saturated heterocycles. The van der Waals surface area contributed by atoms with Gasteiger partial charge in [0.2, 0.25) is 5.91 Å². The molecule has 27 heavy (non-hydrogen) atoms. The first kappa shape index (κ1) is 18.3. The quantitative estimate of drug-likeness (QED) is 0.702. The minimum Gasteiger partial charge on any atom is -0.342 e. The van der Waals surface area contributed by atoms with Gasteiger partial charge in [0.25, 0.3) is 0 Å². The summed E-state index contributed by atoms with van der Waals surface area (Å²) in [5, 5.41) is 0. The summed E-state index contributed by atoms with van der Waals surface area (Å²) in [6.07, 6.45) is 7.46. The molecule has 1 aliphatic heterocycles. The third-order valence-corrected chi connectivity index (χ3v) is 6.97. The highest BCUT2D eigenvalue weighted by molar-refractivity contribution is 5.78. The molecule has 0 N–H and O–H groups in total. The second kappa shape index (κ2) is 7.14. The molecule has 0 saturated carbocycles. The molecular weight excluding hydrogens is 330 g/mol. The summed E-state index contributed by atoms with van der Waals surface area (Å²) in [6.45, 7) is 4.60. The molecule has 0 aromatic heterocycles. The molecule has 2 aromatic carbocycles. The topological polar surface area (TPSA) is 20.3 Å². The molecule has 2 heteroatoms. The first-order valence-electron chi connectivity index (χ1n) is 10.5. The largest absolute Gasteiger partial charge is 0.342 e. The number of benzene rings is 2. The second-order valence-corrected chi connectivity index (χ2v) is 8.65. The zero-order valence-corrected chi connectivity index (χ0v) is 16.9. The molecule has 2 nitrogen and oxygen atoms in total. The Labute approximate surface area is 163 Å². The van der Waals surface area contributed by atoms with Crippen molar-refractivity contribution in [2.45, 2.75) is 70.3 Å². The monoisotopic (exact) mass is 361 g/mol. The van der Waals surface area contributed by atoms with Crippen LogP contribution in [0.5, 0.6) is 0 Å². The number of aryl methyl sites for hydroxylation is 2. The normalized spacial score (nSPS) is 24.5. The maximum Gasteiger partial charge on any atom is 0.222 e. The fraction of sp³-hybridized carbons (Fsp3) is 0.480. The third-order valence-electron chi connectivity index (χ3n) is 6.97. The lowest BCUT2D eigenvalue weighted by Crippen LogP contribution is -2.56. The van der Waals surface area contributed by atoms with E-state index in [4.69, 9.17) is 0 Å². The number of nitrogens with zero attached hydrogens (tertiary/aromatic N) is 1. The Bertz CT molecular complexity index is 838. The lowest BCUT2D eigenvalue weighted by atomic mass is 9.63. The van der Waals surface area contributed by atoms with Crippen LogP contribution in [-0.4, -0.2) is 23.9 Å². The van der Waals surface area contributed by atoms with E-state index in [9.17, 15) is 4.79 Å². The van der Waals surface area contributed by atoms with E-state index in [1.54, 1.807) is 0 Å². The molecular formula is C25H31NO. The van der Waals surface area contributed by atoms with Crippen LogP contribution in [0.4, 0.5) is 0 Å². The first-order chi connectivity index (χ1) is 13.0. The molecule has 1 fully saturated rings. The lowest BCUT2D eigenvalue weighted by Gasteiger charge is -2.50. The highest BCUT2D eigenvalue weighted by atomic mass is 16.2. The Kier molecular flexibility index (Phi) is 4.84. The third kappa shape index (κ3) is 3.20. The Morgan fingerprint density at radius 1 is 1.07 bits per heavy atom. The van der Waals surface area contributed by atoms with Crippen LogP contribution in [0.15, 0.2) is 42.5 Å². The molecule has 142 valence electrons. The fourth-order valence-corrected chi connectivity index (χ4v) is 5.21. The maximum atomic E-state index is 12.2. The van der Waals surface area contributed by atoms with Gasteiger partial charge in [-0.3, -0.25) is 4.79 Å². The van der Waals surface area contributed by atoms with Crippen LogP contribution in [-0.2, 0) is 23.1 Å². The van der Waals surface area contributed by atoms with E-state index >= 15 is 0 Å². The number of amides is 1. The van der Waals surface area contributed by atoms with Gasteiger partial charge in [-0.15, -0.1) is 0 Å². The van der Waals surface area contributed by atoms with E-state index < -0.39 is 0 Å². The van der Waals surface area contributed by atoms with Gasteiger partial charge in [-0.2, -0.15) is 0 Å². The molecule has 0 unspecified atom stereocenters. The fourth-order valence-electron chi connectivity index (χ4n) is 5.21. The van der Waals surface area contributed by atoms with E-state index in [1.165, 1.54) is 47.1 Å². The maximum absolute atomic E-state index is 12.2. The summed E-state index contributed by atoms with van der Waals surface area (Å²) < 4.78 is 0. The summed E-state index contributed by atoms with van der Waals surface area (Å²) in [5.74, 6) is 0.306. The van der Waals surface area contributed by atoms with Gasteiger partial charge >= 0.3 is 0 Å². The number of carbonyl (C=O) groups excluding carboxylic acids is 1. The molecule has 2 atom stereocenters. The average Bonchev–Trinajstić information content (AvgIpc) is 2.69. The van der Waals surface area contributed by atoms with Crippen LogP contribution >= 0.6 is 0 Å². The Morgan fingerprint density at radius 3 is 2.56 bits per heavy atom. The molecule has 1 amide bonds. The minimum absolute atomic E-state index is 0.0960. The van der Waals surface area contributed by atoms with Crippen LogP contribution in [0.1, 0.15) is 62.6 Å². The van der Waals surface area contributed by atoms with Crippen LogP contribution in [0, 0.1) is 0 Å². The van der Waals surface area contributed by atoms with Crippen LogP contribution in [0.2, 0.25) is 0 Å². The molecule has 0 radical (unpaired) electrons. The number of hydrogen-bond donors (Lipinski definition) is 0. The number of carbonyl (C=O) groups is 1. The number of unbranched alkanes of at least 4 members (excludes halogenated alkanes) is 1. The van der Waals surface area contributed by atoms with Gasteiger partial charge in [-0.05, 0) is 59.9 Å². The number of likely N-dealkylation sites (tertiary alicyclic amines) is 1. The molecule has 1 heterocycles. The van der Waals surface area contributed by atoms with Gasteiger partial charge in [0.15, 0.2) is 0 Å². The van der Waals surface area contributed by atoms with Gasteiger partial charge < -0.3 is 4.90 Å². The Hall–Kier alpha value is -2.09. The number of rotatable bonds is 4. The summed E-state index contributed by atoms with van der Waals surface area (Å²) in [5.41, 5.74) is 7.09. The van der Waals surface area contributed by atoms with E-state index in [0.717, 1.165) is 19.3 Å². The number of likely N-dealkylation sites (N-methyl/N-ethyl adjacent to an activating group) is 1. The molecule has 2 aromatic rings. The van der Waals surface area contributed by atoms with Crippen molar-refractivity contribution in [2.75, 3.05) is 7.05 Å². The minimum atomic E-state index is 0.0960. The van der Waals surface area contributed by atoms with Crippen molar-refractivity contribution in [2.24, 2.45) is 0 Å². The standard InChI is InChI=1S/C25H31NO/c1-4-5-6-18-7-9-19(10-8-18)20-11-13-22-21(17-20)12-14-23-25(22,2)16-15-24(27)26(23)3/h7-11,13,17,23H,4-6,12,14-16H2,1-3H3/t23-,25-/m1/s1. The van der Waals surface area contributed by atoms with Crippen molar-refractivity contribution in [1.29, 1.82) is 0 Å². The van der Waals surface area contributed by atoms with Crippen LogP contribution in [0.25, 0.3) is 11.1 Å². The van der Waals surface area contributed by atoms with E-state index in [0.29, 0.717) is 18.4 Å². The number of fused-ring (bicyclic) bond motifs is 3. The van der Waals surface area contributed by atoms with Gasteiger partial charge in [0.1, 0.15) is 0 Å². The van der Waals surface area contributed by atoms with E-state index in [1.807, 2.05) is 11.9 Å². The predicted molar refractivity (Wildman–Crippen MR) is 112 cm³/mol. The highest BCUT2D eigenvalue weighted by Gasteiger charge is 2.46. The van der Waals surface area contributed by atoms with Crippen molar-refractivity contribution in [3.63, 3.8) is 0 Å². The Balaban J connectivity index is 1.62. The summed E-state index contributed by atoms with van der Waals surface area (Å²) in [7, 11) is 1.99. The SMILES string of the molecule is CCCCc1ccc(-c2ccc3c(c2)CC[C@H]2N(C)C(=O)CC[C@]32C)cc1. The summed E-state index contributed by atoms with van der Waals surface area (Å²) in [4.78, 5) is 14.2. The van der Waals surface area contributed by atoms with E-state index in [2.05, 4.69) is 56.3 Å². The van der Waals surface area contributed by atoms with Crippen molar-refractivity contribution < 1.29 is 4.79 Å². The summed E-state index contributed by atoms with van der Waals surface area (Å²) in [6, 6.07) is 16.5. The lowest BCUT2D eigenvalue weighted by molar-refractivity contribution is -0.138. The van der Waals surface area contributed by atoms with Gasteiger partial charge in [0.05, 0.1) is 0 Å². The zero-order valence-electron chi connectivity index (χ0n) is 16.9. The van der Waals surface area contributed by atoms with Crippen LogP contribution < -0.4 is 0 Å². The molecule has 2 aliphatic rings. The highest BCUT2D eigenvalue weighted by Crippen LogP contribution is 2.46. The smallest absolute Gasteiger partial charge is 0.222 e. The van der Waals surface area contributed by atoms with E-state index in [-0.39, 0.29) is 5.41 Å². The number of hydrogen-bond acceptors (Lipinski definition) is 1. The van der Waals surface area contributed by atoms with Gasteiger partial charge in [-0.25, -0.2) is 0 Å². The predicted octanol–water partition coefficient (Wildman–Crippen LogP) is 5.52. The molecule has 1 aliphatic carbocycles. The van der Waals surface area contributed by atoms with Gasteiger partial charge in [-0.1, -0.05) is 62.7 Å². The van der Waals surface area contributed by atoms with Crippen LogP contribution in [0.3, 0.4) is 0 Å². The first-order valence-corrected chi connectivity index (χ1v) is 10.5. The average molecular weight is 362 g/mol. The molecule has 4 rings (SSSR count). The second-order valence-electron chi connectivity index (χ2n) is 8.65.